The number of furan rings is 1. The number of hydrogen-bond donors (Lipinski definition) is 1. The number of carbonyl (C=O) groups is 1. The van der Waals surface area contributed by atoms with Crippen molar-refractivity contribution >= 4 is 16.9 Å². The van der Waals surface area contributed by atoms with E-state index in [9.17, 15) is 4.79 Å². The van der Waals surface area contributed by atoms with Crippen LogP contribution in [0.1, 0.15) is 35.8 Å². The van der Waals surface area contributed by atoms with Crippen LogP contribution in [0.3, 0.4) is 0 Å². The Labute approximate surface area is 169 Å². The Balaban J connectivity index is 1.30. The Morgan fingerprint density at radius 3 is 3.10 bits per heavy atom. The van der Waals surface area contributed by atoms with E-state index in [1.165, 1.54) is 18.4 Å². The lowest BCUT2D eigenvalue weighted by atomic mass is 9.96. The third kappa shape index (κ3) is 3.60. The van der Waals surface area contributed by atoms with E-state index in [2.05, 4.69) is 10.3 Å². The van der Waals surface area contributed by atoms with Crippen molar-refractivity contribution in [3.8, 4) is 5.75 Å². The highest BCUT2D eigenvalue weighted by atomic mass is 16.5. The van der Waals surface area contributed by atoms with Crippen LogP contribution in [0.5, 0.6) is 5.75 Å². The quantitative estimate of drug-likeness (QED) is 0.739. The van der Waals surface area contributed by atoms with Crippen molar-refractivity contribution in [1.82, 2.24) is 15.2 Å². The molecule has 0 spiro atoms. The predicted octanol–water partition coefficient (Wildman–Crippen LogP) is 3.26. The molecule has 0 bridgehead atoms. The fourth-order valence-electron chi connectivity index (χ4n) is 4.43. The zero-order valence-electron chi connectivity index (χ0n) is 16.4. The highest BCUT2D eigenvalue weighted by Crippen LogP contribution is 2.34. The van der Waals surface area contributed by atoms with Gasteiger partial charge in [-0.15, -0.1) is 0 Å². The van der Waals surface area contributed by atoms with Gasteiger partial charge in [0.25, 0.3) is 5.91 Å². The van der Waals surface area contributed by atoms with Crippen molar-refractivity contribution in [2.24, 2.45) is 0 Å². The fraction of sp³-hybridized carbons (Fsp3) is 0.391. The molecule has 29 heavy (non-hydrogen) atoms. The number of fused-ring (bicyclic) bond motifs is 3. The van der Waals surface area contributed by atoms with E-state index in [1.807, 2.05) is 41.4 Å². The molecule has 1 N–H and O–H groups in total. The first-order valence-corrected chi connectivity index (χ1v) is 10.4. The molecule has 1 aliphatic heterocycles. The first kappa shape index (κ1) is 18.2. The summed E-state index contributed by atoms with van der Waals surface area (Å²) in [6, 6.07) is 9.77. The molecule has 2 aliphatic rings. The second-order valence-corrected chi connectivity index (χ2v) is 7.75. The third-order valence-electron chi connectivity index (χ3n) is 5.92. The lowest BCUT2D eigenvalue weighted by Crippen LogP contribution is -2.50. The van der Waals surface area contributed by atoms with Crippen molar-refractivity contribution in [1.29, 1.82) is 0 Å². The topological polar surface area (TPSA) is 67.6 Å². The van der Waals surface area contributed by atoms with Gasteiger partial charge >= 0.3 is 0 Å². The molecule has 0 saturated carbocycles. The van der Waals surface area contributed by atoms with Gasteiger partial charge in [0.15, 0.2) is 6.61 Å². The minimum Gasteiger partial charge on any atom is -0.484 e. The fourth-order valence-corrected chi connectivity index (χ4v) is 4.43. The summed E-state index contributed by atoms with van der Waals surface area (Å²) in [4.78, 5) is 19.0. The molecule has 1 unspecified atom stereocenters. The molecule has 2 aromatic heterocycles. The van der Waals surface area contributed by atoms with Gasteiger partial charge in [-0.05, 0) is 49.1 Å². The minimum atomic E-state index is -0.0167. The molecule has 1 saturated heterocycles. The van der Waals surface area contributed by atoms with Gasteiger partial charge in [-0.3, -0.25) is 9.78 Å². The maximum absolute atomic E-state index is 12.9. The number of pyridine rings is 1. The van der Waals surface area contributed by atoms with E-state index >= 15 is 0 Å². The first-order valence-electron chi connectivity index (χ1n) is 10.4. The molecule has 0 radical (unpaired) electrons. The van der Waals surface area contributed by atoms with Crippen molar-refractivity contribution < 1.29 is 13.9 Å². The summed E-state index contributed by atoms with van der Waals surface area (Å²) in [6.07, 6.45) is 8.03. The summed E-state index contributed by atoms with van der Waals surface area (Å²) >= 11 is 0. The molecule has 1 aromatic carbocycles. The third-order valence-corrected chi connectivity index (χ3v) is 5.92. The molecule has 1 aliphatic carbocycles. The van der Waals surface area contributed by atoms with E-state index in [1.54, 1.807) is 6.20 Å². The van der Waals surface area contributed by atoms with Crippen LogP contribution in [0.4, 0.5) is 0 Å². The SMILES string of the molecule is O=C(COc1ccc2oc3c(c2c1)CCCC3)N1CCNCC1c1cccnc1. The van der Waals surface area contributed by atoms with Crippen LogP contribution in [-0.2, 0) is 17.6 Å². The average molecular weight is 391 g/mol. The summed E-state index contributed by atoms with van der Waals surface area (Å²) < 4.78 is 11.9. The number of hydrogen-bond acceptors (Lipinski definition) is 5. The number of rotatable bonds is 4. The minimum absolute atomic E-state index is 0.00493. The van der Waals surface area contributed by atoms with Crippen LogP contribution in [-0.4, -0.2) is 42.0 Å². The number of amides is 1. The van der Waals surface area contributed by atoms with Crippen molar-refractivity contribution in [3.05, 3.63) is 59.6 Å². The molecule has 1 amide bonds. The summed E-state index contributed by atoms with van der Waals surface area (Å²) in [7, 11) is 0. The molecule has 1 atom stereocenters. The van der Waals surface area contributed by atoms with Crippen molar-refractivity contribution in [2.45, 2.75) is 31.7 Å². The number of nitrogens with zero attached hydrogens (tertiary/aromatic N) is 2. The van der Waals surface area contributed by atoms with Gasteiger partial charge in [-0.1, -0.05) is 6.07 Å². The van der Waals surface area contributed by atoms with Gasteiger partial charge in [-0.2, -0.15) is 0 Å². The Kier molecular flexibility index (Phi) is 4.94. The lowest BCUT2D eigenvalue weighted by molar-refractivity contribution is -0.136. The first-order chi connectivity index (χ1) is 14.3. The Bertz CT molecular complexity index is 1010. The number of aromatic nitrogens is 1. The van der Waals surface area contributed by atoms with Crippen LogP contribution >= 0.6 is 0 Å². The monoisotopic (exact) mass is 391 g/mol. The average Bonchev–Trinajstić information content (AvgIpc) is 3.16. The smallest absolute Gasteiger partial charge is 0.261 e. The summed E-state index contributed by atoms with van der Waals surface area (Å²) in [5.41, 5.74) is 3.26. The van der Waals surface area contributed by atoms with E-state index in [-0.39, 0.29) is 18.6 Å². The molecule has 3 heterocycles. The molecule has 6 nitrogen and oxygen atoms in total. The number of aryl methyl sites for hydroxylation is 2. The number of piperazine rings is 1. The van der Waals surface area contributed by atoms with E-state index in [4.69, 9.17) is 9.15 Å². The van der Waals surface area contributed by atoms with Crippen LogP contribution in [0.2, 0.25) is 0 Å². The van der Waals surface area contributed by atoms with Gasteiger partial charge in [0, 0.05) is 49.4 Å². The van der Waals surface area contributed by atoms with Gasteiger partial charge < -0.3 is 19.4 Å². The number of carbonyl (C=O) groups excluding carboxylic acids is 1. The van der Waals surface area contributed by atoms with Gasteiger partial charge in [0.05, 0.1) is 6.04 Å². The zero-order valence-corrected chi connectivity index (χ0v) is 16.4. The van der Waals surface area contributed by atoms with Crippen LogP contribution < -0.4 is 10.1 Å². The maximum atomic E-state index is 12.9. The maximum Gasteiger partial charge on any atom is 0.261 e. The summed E-state index contributed by atoms with van der Waals surface area (Å²) in [5, 5.41) is 4.49. The van der Waals surface area contributed by atoms with Gasteiger partial charge in [0.2, 0.25) is 0 Å². The molecule has 3 aromatic rings. The second kappa shape index (κ2) is 7.87. The standard InChI is InChI=1S/C23H25N3O3/c27-23(26-11-10-25-14-20(26)16-4-3-9-24-13-16)15-28-17-7-8-22-19(12-17)18-5-1-2-6-21(18)29-22/h3-4,7-9,12-13,20,25H,1-2,5-6,10-11,14-15H2. The molecule has 6 heteroatoms. The van der Waals surface area contributed by atoms with E-state index in [0.717, 1.165) is 48.2 Å². The molecule has 1 fully saturated rings. The highest BCUT2D eigenvalue weighted by molar-refractivity contribution is 5.84. The molecular weight excluding hydrogens is 366 g/mol. The highest BCUT2D eigenvalue weighted by Gasteiger charge is 2.28. The van der Waals surface area contributed by atoms with E-state index in [0.29, 0.717) is 12.3 Å². The van der Waals surface area contributed by atoms with Crippen molar-refractivity contribution in [2.75, 3.05) is 26.2 Å². The van der Waals surface area contributed by atoms with Crippen molar-refractivity contribution in [3.63, 3.8) is 0 Å². The molecule has 150 valence electrons. The van der Waals surface area contributed by atoms with Gasteiger partial charge in [-0.25, -0.2) is 0 Å². The Hall–Kier alpha value is -2.86. The normalized spacial score (nSPS) is 19.2. The zero-order chi connectivity index (χ0) is 19.6. The number of ether oxygens (including phenoxy) is 1. The Morgan fingerprint density at radius 2 is 2.21 bits per heavy atom. The summed E-state index contributed by atoms with van der Waals surface area (Å²) in [6.45, 7) is 2.21. The van der Waals surface area contributed by atoms with Crippen LogP contribution in [0, 0.1) is 0 Å². The number of benzene rings is 1. The van der Waals surface area contributed by atoms with Gasteiger partial charge in [0.1, 0.15) is 17.1 Å². The lowest BCUT2D eigenvalue weighted by Gasteiger charge is -2.36. The molecule has 5 rings (SSSR count). The summed E-state index contributed by atoms with van der Waals surface area (Å²) in [5.74, 6) is 1.82. The number of nitrogens with one attached hydrogen (secondary N) is 1. The second-order valence-electron chi connectivity index (χ2n) is 7.75. The Morgan fingerprint density at radius 1 is 1.28 bits per heavy atom. The molecular formula is C23H25N3O3. The largest absolute Gasteiger partial charge is 0.484 e. The van der Waals surface area contributed by atoms with E-state index < -0.39 is 0 Å². The van der Waals surface area contributed by atoms with Crippen LogP contribution in [0.25, 0.3) is 11.0 Å². The van der Waals surface area contributed by atoms with Crippen LogP contribution in [0.15, 0.2) is 47.1 Å². The predicted molar refractivity (Wildman–Crippen MR) is 110 cm³/mol.